The molecule has 0 spiro atoms. The van der Waals surface area contributed by atoms with Crippen molar-refractivity contribution in [2.24, 2.45) is 20.5 Å². The molecule has 4 aromatic carbocycles. The number of nitrogens with zero attached hydrogens (tertiary/aromatic N) is 16. The van der Waals surface area contributed by atoms with Crippen LogP contribution in [0.2, 0.25) is 0 Å². The first kappa shape index (κ1) is 74.7. The Bertz CT molecular complexity index is 4420. The average molecular weight is 1380 g/mol. The van der Waals surface area contributed by atoms with Gasteiger partial charge in [-0.2, -0.15) is 24.8 Å². The summed E-state index contributed by atoms with van der Waals surface area (Å²) in [7, 11) is 0. The van der Waals surface area contributed by atoms with Gasteiger partial charge >= 0.3 is 11.9 Å². The molecule has 5 heterocycles. The normalized spacial score (nSPS) is 11.8. The Morgan fingerprint density at radius 2 is 0.891 bits per heavy atom. The van der Waals surface area contributed by atoms with Crippen LogP contribution in [-0.2, 0) is 29.9 Å². The number of ether oxygens (including phenoxy) is 2. The molecule has 526 valence electrons. The topological polar surface area (TPSA) is 248 Å². The van der Waals surface area contributed by atoms with E-state index in [1.54, 1.807) is 13.8 Å². The van der Waals surface area contributed by atoms with E-state index < -0.39 is 10.8 Å². The summed E-state index contributed by atoms with van der Waals surface area (Å²) >= 11 is 1.10. The molecule has 0 aliphatic carbocycles. The van der Waals surface area contributed by atoms with Crippen molar-refractivity contribution in [3.05, 3.63) is 167 Å². The van der Waals surface area contributed by atoms with Gasteiger partial charge in [0, 0.05) is 54.1 Å². The maximum absolute atomic E-state index is 12.8. The van der Waals surface area contributed by atoms with Crippen molar-refractivity contribution in [2.75, 3.05) is 46.7 Å². The fourth-order valence-corrected chi connectivity index (χ4v) is 13.9. The number of aryl methyl sites for hydroxylation is 14. The maximum atomic E-state index is 12.8. The van der Waals surface area contributed by atoms with Gasteiger partial charge in [0.15, 0.2) is 23.3 Å². The van der Waals surface area contributed by atoms with Gasteiger partial charge in [0.05, 0.1) is 31.2 Å². The smallest absolute Gasteiger partial charge is 0.305 e. The van der Waals surface area contributed by atoms with Crippen LogP contribution in [0, 0.1) is 115 Å². The molecule has 23 heteroatoms. The summed E-state index contributed by atoms with van der Waals surface area (Å²) in [5.41, 5.74) is 18.5. The SMILES string of the molecule is [C-]#[N+]c1c(C(C)(C)C)nn(-c2nnc(-n3nc(C(C)(C)C)c(C#N)c3N=Nc3c(C)cc(N(CCCC(=O)OCC)c4c(C)cc(C)cc4C)nc3Nc3c(C)cc(C)cc3C)s2)c1N=Nc1c(C)cc(N(CCCC(=O)OCC)c2c(C)cc(C)cc2C)nc1Nc1c(C)cc(C)cc1C. The average Bonchev–Trinajstić information content (AvgIpc) is 1.68. The van der Waals surface area contributed by atoms with Gasteiger partial charge in [-0.3, -0.25) is 9.59 Å². The van der Waals surface area contributed by atoms with Gasteiger partial charge in [0.2, 0.25) is 10.3 Å². The maximum Gasteiger partial charge on any atom is 0.305 e. The number of azo groups is 2. The number of benzene rings is 4. The third kappa shape index (κ3) is 16.7. The summed E-state index contributed by atoms with van der Waals surface area (Å²) in [6.07, 6.45) is 1.45. The molecule has 5 aromatic heterocycles. The minimum Gasteiger partial charge on any atom is -0.466 e. The van der Waals surface area contributed by atoms with E-state index in [9.17, 15) is 14.9 Å². The zero-order chi connectivity index (χ0) is 73.7. The van der Waals surface area contributed by atoms with Crippen LogP contribution in [0.15, 0.2) is 81.1 Å². The van der Waals surface area contributed by atoms with Crippen LogP contribution in [0.25, 0.3) is 15.1 Å². The minimum absolute atomic E-state index is 0.0946. The molecular weight excluding hydrogens is 1290 g/mol. The highest BCUT2D eigenvalue weighted by Crippen LogP contribution is 2.46. The van der Waals surface area contributed by atoms with E-state index in [1.165, 1.54) is 9.36 Å². The van der Waals surface area contributed by atoms with Crippen LogP contribution in [0.5, 0.6) is 0 Å². The summed E-state index contributed by atoms with van der Waals surface area (Å²) in [6, 6.07) is 23.4. The van der Waals surface area contributed by atoms with Gasteiger partial charge in [-0.05, 0) is 197 Å². The van der Waals surface area contributed by atoms with E-state index in [0.717, 1.165) is 106 Å². The van der Waals surface area contributed by atoms with Crippen LogP contribution in [0.1, 0.15) is 176 Å². The fourth-order valence-electron chi connectivity index (χ4n) is 13.2. The van der Waals surface area contributed by atoms with Crippen molar-refractivity contribution in [3.8, 4) is 16.3 Å². The lowest BCUT2D eigenvalue weighted by molar-refractivity contribution is -0.144. The van der Waals surface area contributed by atoms with Crippen molar-refractivity contribution in [1.82, 2.24) is 39.7 Å². The van der Waals surface area contributed by atoms with Crippen molar-refractivity contribution in [2.45, 2.75) is 189 Å². The first-order valence-electron chi connectivity index (χ1n) is 34.2. The van der Waals surface area contributed by atoms with Gasteiger partial charge < -0.3 is 29.9 Å². The first-order valence-corrected chi connectivity index (χ1v) is 35.0. The Hall–Kier alpha value is -10.5. The van der Waals surface area contributed by atoms with Crippen LogP contribution >= 0.6 is 11.3 Å². The lowest BCUT2D eigenvalue weighted by Crippen LogP contribution is -2.23. The molecular formula is C78H94N18O4S. The van der Waals surface area contributed by atoms with Crippen LogP contribution < -0.4 is 20.4 Å². The zero-order valence-electron chi connectivity index (χ0n) is 62.6. The van der Waals surface area contributed by atoms with Crippen molar-refractivity contribution in [1.29, 1.82) is 5.26 Å². The van der Waals surface area contributed by atoms with Crippen LogP contribution in [-0.4, -0.2) is 78.0 Å². The predicted octanol–water partition coefficient (Wildman–Crippen LogP) is 20.3. The van der Waals surface area contributed by atoms with E-state index in [4.69, 9.17) is 66.9 Å². The Kier molecular flexibility index (Phi) is 22.9. The first-order chi connectivity index (χ1) is 47.7. The molecule has 0 unspecified atom stereocenters. The largest absolute Gasteiger partial charge is 0.466 e. The third-order valence-electron chi connectivity index (χ3n) is 17.3. The Morgan fingerprint density at radius 1 is 0.535 bits per heavy atom. The van der Waals surface area contributed by atoms with Crippen molar-refractivity contribution in [3.63, 3.8) is 0 Å². The van der Waals surface area contributed by atoms with E-state index in [1.807, 2.05) is 95.2 Å². The molecule has 0 aliphatic heterocycles. The number of esters is 2. The van der Waals surface area contributed by atoms with Gasteiger partial charge in [0.25, 0.3) is 5.69 Å². The lowest BCUT2D eigenvalue weighted by atomic mass is 9.90. The van der Waals surface area contributed by atoms with E-state index in [0.29, 0.717) is 90.7 Å². The summed E-state index contributed by atoms with van der Waals surface area (Å²) in [5.74, 6) is 1.72. The van der Waals surface area contributed by atoms with Crippen LogP contribution in [0.4, 0.5) is 74.7 Å². The number of nitrogens with one attached hydrogen (secondary N) is 2. The number of pyridine rings is 2. The molecule has 0 amide bonds. The molecule has 0 saturated carbocycles. The zero-order valence-corrected chi connectivity index (χ0v) is 63.4. The fraction of sp³-hybridized carbons (Fsp3) is 0.410. The standard InChI is InChI=1S/C78H94N18O4S/c1-24-99-60(97)28-26-30-93(67-53(13)36-45(5)37-54(67)14)58-40-51(11)64(71(81-58)83-62-47(7)32-43(3)33-48(62)8)85-87-73-57(42-79)69(77(17,18)19)91-95(73)75-89-90-76(101-75)96-74(66(80-23)70(92-96)78(20,21)22)88-86-65-52(12)41-59(82-72(65)84-63-49(9)34-44(4)35-50(63)10)94(31-27-29-61(98)100-25-2)68-55(15)38-46(6)39-56(68)16/h32-41H,24-31H2,1-22H3,(H,81,83)(H,82,84). The van der Waals surface area contributed by atoms with E-state index in [2.05, 4.69) is 135 Å². The second kappa shape index (κ2) is 30.9. The predicted molar refractivity (Wildman–Crippen MR) is 404 cm³/mol. The van der Waals surface area contributed by atoms with Crippen LogP contribution in [0.3, 0.4) is 0 Å². The highest BCUT2D eigenvalue weighted by molar-refractivity contribution is 7.16. The molecule has 0 saturated heterocycles. The Morgan fingerprint density at radius 3 is 1.25 bits per heavy atom. The number of hydrogen-bond donors (Lipinski definition) is 2. The second-order valence-electron chi connectivity index (χ2n) is 28.3. The quantitative estimate of drug-likeness (QED) is 0.0324. The third-order valence-corrected chi connectivity index (χ3v) is 18.2. The van der Waals surface area contributed by atoms with Crippen molar-refractivity contribution < 1.29 is 19.1 Å². The van der Waals surface area contributed by atoms with Gasteiger partial charge in [0.1, 0.15) is 34.6 Å². The van der Waals surface area contributed by atoms with Gasteiger partial charge in [-0.1, -0.05) is 124 Å². The monoisotopic (exact) mass is 1380 g/mol. The van der Waals surface area contributed by atoms with Gasteiger partial charge in [-0.15, -0.1) is 30.7 Å². The van der Waals surface area contributed by atoms with Gasteiger partial charge in [-0.25, -0.2) is 14.8 Å². The second-order valence-corrected chi connectivity index (χ2v) is 29.2. The summed E-state index contributed by atoms with van der Waals surface area (Å²) in [4.78, 5) is 44.7. The lowest BCUT2D eigenvalue weighted by Gasteiger charge is -2.29. The molecule has 0 radical (unpaired) electrons. The number of anilines is 8. The van der Waals surface area contributed by atoms with E-state index >= 15 is 0 Å². The molecule has 0 aliphatic rings. The Balaban J connectivity index is 1.20. The highest BCUT2D eigenvalue weighted by atomic mass is 32.1. The summed E-state index contributed by atoms with van der Waals surface area (Å²) in [6.45, 7) is 54.4. The van der Waals surface area contributed by atoms with Crippen molar-refractivity contribution >= 4 is 98.0 Å². The molecule has 0 fully saturated rings. The number of hydrogen-bond acceptors (Lipinski definition) is 20. The summed E-state index contributed by atoms with van der Waals surface area (Å²) < 4.78 is 13.7. The summed E-state index contributed by atoms with van der Waals surface area (Å²) in [5, 5.41) is 58.6. The van der Waals surface area contributed by atoms with E-state index in [-0.39, 0.29) is 57.9 Å². The molecule has 101 heavy (non-hydrogen) atoms. The number of nitriles is 1. The number of aromatic nitrogens is 8. The molecule has 22 nitrogen and oxygen atoms in total. The molecule has 0 bridgehead atoms. The number of carbonyl (C=O) groups is 2. The number of carbonyl (C=O) groups excluding carboxylic acids is 2. The molecule has 2 N–H and O–H groups in total. The molecule has 9 aromatic rings. The minimum atomic E-state index is -0.665. The molecule has 0 atom stereocenters. The number of rotatable bonds is 24. The Labute approximate surface area is 598 Å². The highest BCUT2D eigenvalue weighted by Gasteiger charge is 2.33. The molecule has 9 rings (SSSR count).